The maximum atomic E-state index is 11.5. The van der Waals surface area contributed by atoms with Crippen LogP contribution < -0.4 is 15.2 Å². The molecule has 0 amide bonds. The van der Waals surface area contributed by atoms with Gasteiger partial charge in [-0.2, -0.15) is 0 Å². The van der Waals surface area contributed by atoms with Crippen molar-refractivity contribution in [1.29, 1.82) is 0 Å². The van der Waals surface area contributed by atoms with Crippen LogP contribution >= 0.6 is 0 Å². The molecule has 110 valence electrons. The van der Waals surface area contributed by atoms with Crippen molar-refractivity contribution in [3.05, 3.63) is 23.8 Å². The molecule has 1 aromatic carbocycles. The van der Waals surface area contributed by atoms with Gasteiger partial charge in [0.25, 0.3) is 0 Å². The standard InChI is InChI=1S/C15H21NO4/c1-14(2)8-10-6-5-7-11(12(10)20-14)19-9-15(3,16)13(17)18-4/h5-7H,8-9,16H2,1-4H3. The van der Waals surface area contributed by atoms with Crippen LogP contribution in [0.5, 0.6) is 11.5 Å². The van der Waals surface area contributed by atoms with E-state index in [4.69, 9.17) is 15.2 Å². The summed E-state index contributed by atoms with van der Waals surface area (Å²) in [6.07, 6.45) is 0.830. The van der Waals surface area contributed by atoms with E-state index in [1.54, 1.807) is 6.92 Å². The fraction of sp³-hybridized carbons (Fsp3) is 0.533. The highest BCUT2D eigenvalue weighted by Crippen LogP contribution is 2.41. The molecule has 1 aromatic rings. The summed E-state index contributed by atoms with van der Waals surface area (Å²) in [7, 11) is 1.30. The van der Waals surface area contributed by atoms with Gasteiger partial charge in [-0.3, -0.25) is 0 Å². The van der Waals surface area contributed by atoms with E-state index in [1.807, 2.05) is 32.0 Å². The van der Waals surface area contributed by atoms with Crippen LogP contribution in [-0.4, -0.2) is 30.8 Å². The number of methoxy groups -OCH3 is 1. The Balaban J connectivity index is 2.13. The number of rotatable bonds is 4. The third-order valence-corrected chi connectivity index (χ3v) is 3.23. The molecule has 0 spiro atoms. The molecule has 20 heavy (non-hydrogen) atoms. The topological polar surface area (TPSA) is 70.8 Å². The van der Waals surface area contributed by atoms with Gasteiger partial charge in [0.2, 0.25) is 0 Å². The van der Waals surface area contributed by atoms with Crippen molar-refractivity contribution >= 4 is 5.97 Å². The summed E-state index contributed by atoms with van der Waals surface area (Å²) in [5, 5.41) is 0. The quantitative estimate of drug-likeness (QED) is 0.849. The van der Waals surface area contributed by atoms with Crippen LogP contribution in [0.4, 0.5) is 0 Å². The number of benzene rings is 1. The van der Waals surface area contributed by atoms with Crippen LogP contribution in [0.15, 0.2) is 18.2 Å². The van der Waals surface area contributed by atoms with Crippen molar-refractivity contribution in [2.24, 2.45) is 5.73 Å². The van der Waals surface area contributed by atoms with E-state index < -0.39 is 11.5 Å². The predicted octanol–water partition coefficient (Wildman–Crippen LogP) is 1.67. The fourth-order valence-corrected chi connectivity index (χ4v) is 2.22. The second-order valence-corrected chi connectivity index (χ2v) is 5.98. The number of nitrogens with two attached hydrogens (primary N) is 1. The number of hydrogen-bond acceptors (Lipinski definition) is 5. The molecule has 0 radical (unpaired) electrons. The lowest BCUT2D eigenvalue weighted by Crippen LogP contribution is -2.50. The Hall–Kier alpha value is -1.75. The molecule has 5 nitrogen and oxygen atoms in total. The summed E-state index contributed by atoms with van der Waals surface area (Å²) < 4.78 is 16.2. The van der Waals surface area contributed by atoms with Crippen LogP contribution in [-0.2, 0) is 16.0 Å². The van der Waals surface area contributed by atoms with Gasteiger partial charge in [0.15, 0.2) is 11.5 Å². The van der Waals surface area contributed by atoms with Crippen LogP contribution in [0.1, 0.15) is 26.3 Å². The van der Waals surface area contributed by atoms with E-state index in [1.165, 1.54) is 7.11 Å². The zero-order valence-electron chi connectivity index (χ0n) is 12.4. The molecule has 1 heterocycles. The molecule has 0 bridgehead atoms. The first-order chi connectivity index (χ1) is 9.25. The molecule has 1 aliphatic rings. The summed E-state index contributed by atoms with van der Waals surface area (Å²) in [6.45, 7) is 5.66. The first kappa shape index (κ1) is 14.7. The number of carbonyl (C=O) groups is 1. The van der Waals surface area contributed by atoms with Crippen molar-refractivity contribution in [1.82, 2.24) is 0 Å². The van der Waals surface area contributed by atoms with Gasteiger partial charge in [-0.15, -0.1) is 0 Å². The van der Waals surface area contributed by atoms with Crippen LogP contribution in [0.2, 0.25) is 0 Å². The van der Waals surface area contributed by atoms with Gasteiger partial charge < -0.3 is 19.9 Å². The van der Waals surface area contributed by atoms with E-state index >= 15 is 0 Å². The monoisotopic (exact) mass is 279 g/mol. The highest BCUT2D eigenvalue weighted by Gasteiger charge is 2.34. The Morgan fingerprint density at radius 2 is 2.20 bits per heavy atom. The minimum atomic E-state index is -1.19. The summed E-state index contributed by atoms with van der Waals surface area (Å²) in [5.74, 6) is 0.832. The van der Waals surface area contributed by atoms with Gasteiger partial charge in [0.1, 0.15) is 17.7 Å². The summed E-state index contributed by atoms with van der Waals surface area (Å²) >= 11 is 0. The fourth-order valence-electron chi connectivity index (χ4n) is 2.22. The molecule has 2 rings (SSSR count). The minimum Gasteiger partial charge on any atom is -0.487 e. The molecule has 0 fully saturated rings. The van der Waals surface area contributed by atoms with Gasteiger partial charge >= 0.3 is 5.97 Å². The number of hydrogen-bond donors (Lipinski definition) is 1. The summed E-state index contributed by atoms with van der Waals surface area (Å²) in [4.78, 5) is 11.5. The second-order valence-electron chi connectivity index (χ2n) is 5.98. The Kier molecular flexibility index (Phi) is 3.65. The average Bonchev–Trinajstić information content (AvgIpc) is 2.69. The Labute approximate surface area is 119 Å². The molecule has 0 saturated carbocycles. The van der Waals surface area contributed by atoms with E-state index in [0.717, 1.165) is 17.7 Å². The Morgan fingerprint density at radius 3 is 2.85 bits per heavy atom. The maximum absolute atomic E-state index is 11.5. The van der Waals surface area contributed by atoms with Crippen molar-refractivity contribution in [3.63, 3.8) is 0 Å². The predicted molar refractivity (Wildman–Crippen MR) is 75.0 cm³/mol. The lowest BCUT2D eigenvalue weighted by molar-refractivity contribution is -0.147. The molecule has 2 N–H and O–H groups in total. The number of fused-ring (bicyclic) bond motifs is 1. The number of ether oxygens (including phenoxy) is 3. The van der Waals surface area contributed by atoms with Crippen LogP contribution in [0.25, 0.3) is 0 Å². The van der Waals surface area contributed by atoms with Crippen molar-refractivity contribution in [2.75, 3.05) is 13.7 Å². The molecule has 0 aromatic heterocycles. The highest BCUT2D eigenvalue weighted by atomic mass is 16.5. The first-order valence-corrected chi connectivity index (χ1v) is 6.56. The first-order valence-electron chi connectivity index (χ1n) is 6.56. The number of para-hydroxylation sites is 1. The van der Waals surface area contributed by atoms with Gasteiger partial charge in [0, 0.05) is 12.0 Å². The number of carbonyl (C=O) groups excluding carboxylic acids is 1. The van der Waals surface area contributed by atoms with Gasteiger partial charge in [-0.25, -0.2) is 4.79 Å². The Bertz CT molecular complexity index is 523. The molecular weight excluding hydrogens is 258 g/mol. The lowest BCUT2D eigenvalue weighted by Gasteiger charge is -2.23. The molecule has 0 aliphatic carbocycles. The van der Waals surface area contributed by atoms with E-state index in [0.29, 0.717) is 5.75 Å². The smallest absolute Gasteiger partial charge is 0.329 e. The molecule has 5 heteroatoms. The van der Waals surface area contributed by atoms with E-state index in [2.05, 4.69) is 4.74 Å². The Morgan fingerprint density at radius 1 is 1.50 bits per heavy atom. The zero-order chi connectivity index (χ0) is 15.0. The van der Waals surface area contributed by atoms with E-state index in [-0.39, 0.29) is 12.2 Å². The van der Waals surface area contributed by atoms with Gasteiger partial charge in [0.05, 0.1) is 7.11 Å². The summed E-state index contributed by atoms with van der Waals surface area (Å²) in [6, 6.07) is 5.73. The third kappa shape index (κ3) is 2.88. The zero-order valence-corrected chi connectivity index (χ0v) is 12.4. The molecular formula is C15H21NO4. The second kappa shape index (κ2) is 4.98. The van der Waals surface area contributed by atoms with Crippen molar-refractivity contribution in [2.45, 2.75) is 38.3 Å². The molecule has 1 unspecified atom stereocenters. The normalized spacial score (nSPS) is 18.6. The van der Waals surface area contributed by atoms with Crippen LogP contribution in [0, 0.1) is 0 Å². The largest absolute Gasteiger partial charge is 0.487 e. The SMILES string of the molecule is COC(=O)C(C)(N)COc1cccc2c1OC(C)(C)C2. The summed E-state index contributed by atoms with van der Waals surface area (Å²) in [5.41, 5.74) is 5.55. The lowest BCUT2D eigenvalue weighted by atomic mass is 10.0. The minimum absolute atomic E-state index is 0.0277. The van der Waals surface area contributed by atoms with E-state index in [9.17, 15) is 4.79 Å². The number of esters is 1. The van der Waals surface area contributed by atoms with Crippen molar-refractivity contribution < 1.29 is 19.0 Å². The molecule has 0 saturated heterocycles. The van der Waals surface area contributed by atoms with Gasteiger partial charge in [-0.1, -0.05) is 12.1 Å². The van der Waals surface area contributed by atoms with Crippen molar-refractivity contribution in [3.8, 4) is 11.5 Å². The average molecular weight is 279 g/mol. The third-order valence-electron chi connectivity index (χ3n) is 3.23. The van der Waals surface area contributed by atoms with Gasteiger partial charge in [-0.05, 0) is 26.8 Å². The molecule has 1 aliphatic heterocycles. The molecule has 1 atom stereocenters. The maximum Gasteiger partial charge on any atom is 0.329 e. The van der Waals surface area contributed by atoms with Crippen LogP contribution in [0.3, 0.4) is 0 Å². The highest BCUT2D eigenvalue weighted by molar-refractivity contribution is 5.80.